The molecule has 0 fully saturated rings. The minimum atomic E-state index is -0.293. The molecular weight excluding hydrogens is 306 g/mol. The van der Waals surface area contributed by atoms with E-state index >= 15 is 0 Å². The summed E-state index contributed by atoms with van der Waals surface area (Å²) in [7, 11) is 0. The van der Waals surface area contributed by atoms with Gasteiger partial charge in [-0.3, -0.25) is 9.89 Å². The third-order valence-electron chi connectivity index (χ3n) is 4.27. The van der Waals surface area contributed by atoms with Crippen LogP contribution in [0.2, 0.25) is 0 Å². The van der Waals surface area contributed by atoms with Crippen LogP contribution in [0, 0.1) is 0 Å². The average molecular weight is 323 g/mol. The van der Waals surface area contributed by atoms with Crippen LogP contribution in [0.25, 0.3) is 11.5 Å². The molecule has 4 rings (SSSR count). The molecule has 6 heteroatoms. The fourth-order valence-corrected chi connectivity index (χ4v) is 3.31. The lowest BCUT2D eigenvalue weighted by atomic mass is 9.98. The topological polar surface area (TPSA) is 82.4 Å². The van der Waals surface area contributed by atoms with Gasteiger partial charge >= 0.3 is 0 Å². The fraction of sp³-hybridized carbons (Fsp3) is 0.222. The average Bonchev–Trinajstić information content (AvgIpc) is 3.27. The summed E-state index contributed by atoms with van der Waals surface area (Å²) in [4.78, 5) is 14.6. The summed E-state index contributed by atoms with van der Waals surface area (Å²) < 4.78 is 5.49. The van der Waals surface area contributed by atoms with E-state index in [2.05, 4.69) is 10.2 Å². The van der Waals surface area contributed by atoms with Gasteiger partial charge in [-0.2, -0.15) is 5.10 Å². The van der Waals surface area contributed by atoms with E-state index < -0.39 is 0 Å². The maximum atomic E-state index is 12.8. The quantitative estimate of drug-likeness (QED) is 0.771. The Morgan fingerprint density at radius 2 is 2.21 bits per heavy atom. The van der Waals surface area contributed by atoms with Crippen LogP contribution in [0.1, 0.15) is 41.0 Å². The van der Waals surface area contributed by atoms with Crippen LogP contribution in [-0.4, -0.2) is 32.7 Å². The van der Waals surface area contributed by atoms with Gasteiger partial charge < -0.3 is 14.4 Å². The zero-order valence-corrected chi connectivity index (χ0v) is 13.2. The lowest BCUT2D eigenvalue weighted by molar-refractivity contribution is 0.0743. The molecule has 0 radical (unpaired) electrons. The van der Waals surface area contributed by atoms with Crippen LogP contribution < -0.4 is 0 Å². The standard InChI is InChI=1S/C18H17N3O3/c1-2-8-21-17(11-5-3-6-12(22)10-11)14-15(13-7-4-9-24-13)19-20-16(14)18(21)23/h3-7,9-10,17,22H,2,8H2,1H3,(H,19,20). The van der Waals surface area contributed by atoms with Gasteiger partial charge in [0.05, 0.1) is 12.3 Å². The summed E-state index contributed by atoms with van der Waals surface area (Å²) in [6.07, 6.45) is 2.43. The molecule has 1 aromatic carbocycles. The van der Waals surface area contributed by atoms with E-state index in [4.69, 9.17) is 4.42 Å². The van der Waals surface area contributed by atoms with E-state index in [-0.39, 0.29) is 17.7 Å². The van der Waals surface area contributed by atoms with Gasteiger partial charge in [-0.15, -0.1) is 0 Å². The summed E-state index contributed by atoms with van der Waals surface area (Å²) in [5.41, 5.74) is 2.78. The summed E-state index contributed by atoms with van der Waals surface area (Å²) in [5, 5.41) is 17.0. The highest BCUT2D eigenvalue weighted by Gasteiger charge is 2.42. The fourth-order valence-electron chi connectivity index (χ4n) is 3.31. The van der Waals surface area contributed by atoms with Crippen LogP contribution in [0.15, 0.2) is 47.1 Å². The molecule has 1 aliphatic heterocycles. The Bertz CT molecular complexity index is 883. The van der Waals surface area contributed by atoms with Crippen molar-refractivity contribution < 1.29 is 14.3 Å². The molecule has 1 amide bonds. The number of aromatic hydroxyl groups is 1. The van der Waals surface area contributed by atoms with Crippen LogP contribution in [0.5, 0.6) is 5.75 Å². The van der Waals surface area contributed by atoms with Crippen LogP contribution in [-0.2, 0) is 0 Å². The number of hydrogen-bond donors (Lipinski definition) is 2. The first kappa shape index (κ1) is 14.6. The predicted molar refractivity (Wildman–Crippen MR) is 87.6 cm³/mol. The third-order valence-corrected chi connectivity index (χ3v) is 4.27. The van der Waals surface area contributed by atoms with E-state index in [1.807, 2.05) is 19.1 Å². The minimum Gasteiger partial charge on any atom is -0.508 e. The summed E-state index contributed by atoms with van der Waals surface area (Å²) in [6, 6.07) is 10.3. The van der Waals surface area contributed by atoms with Crippen molar-refractivity contribution in [3.63, 3.8) is 0 Å². The molecule has 6 nitrogen and oxygen atoms in total. The summed E-state index contributed by atoms with van der Waals surface area (Å²) >= 11 is 0. The number of aromatic nitrogens is 2. The smallest absolute Gasteiger partial charge is 0.275 e. The number of furan rings is 1. The van der Waals surface area contributed by atoms with Gasteiger partial charge in [-0.25, -0.2) is 0 Å². The number of nitrogens with one attached hydrogen (secondary N) is 1. The van der Waals surface area contributed by atoms with E-state index in [0.29, 0.717) is 23.7 Å². The van der Waals surface area contributed by atoms with Crippen molar-refractivity contribution in [2.75, 3.05) is 6.54 Å². The predicted octanol–water partition coefficient (Wildman–Crippen LogP) is 3.33. The first-order chi connectivity index (χ1) is 11.7. The van der Waals surface area contributed by atoms with Crippen molar-refractivity contribution in [1.29, 1.82) is 0 Å². The van der Waals surface area contributed by atoms with Gasteiger partial charge in [0.15, 0.2) is 11.5 Å². The van der Waals surface area contributed by atoms with Gasteiger partial charge in [0.1, 0.15) is 11.4 Å². The normalized spacial score (nSPS) is 16.6. The Labute approximate surface area is 138 Å². The highest BCUT2D eigenvalue weighted by atomic mass is 16.3. The number of carbonyl (C=O) groups excluding carboxylic acids is 1. The number of rotatable bonds is 4. The maximum Gasteiger partial charge on any atom is 0.275 e. The molecular formula is C18H17N3O3. The number of phenols is 1. The Hall–Kier alpha value is -3.02. The molecule has 1 aliphatic rings. The molecule has 0 bridgehead atoms. The number of hydrogen-bond acceptors (Lipinski definition) is 4. The Morgan fingerprint density at radius 3 is 2.92 bits per heavy atom. The zero-order chi connectivity index (χ0) is 16.7. The van der Waals surface area contributed by atoms with Crippen molar-refractivity contribution in [3.8, 4) is 17.2 Å². The number of aromatic amines is 1. The van der Waals surface area contributed by atoms with Gasteiger partial charge in [0.25, 0.3) is 5.91 Å². The number of H-pyrrole nitrogens is 1. The molecule has 3 heterocycles. The molecule has 122 valence electrons. The lowest BCUT2D eigenvalue weighted by Crippen LogP contribution is -2.30. The van der Waals surface area contributed by atoms with E-state index in [9.17, 15) is 9.90 Å². The van der Waals surface area contributed by atoms with Gasteiger partial charge in [0, 0.05) is 12.1 Å². The van der Waals surface area contributed by atoms with Crippen molar-refractivity contribution in [1.82, 2.24) is 15.1 Å². The zero-order valence-electron chi connectivity index (χ0n) is 13.2. The second-order valence-electron chi connectivity index (χ2n) is 5.83. The second-order valence-corrected chi connectivity index (χ2v) is 5.83. The molecule has 2 aromatic heterocycles. The maximum absolute atomic E-state index is 12.8. The van der Waals surface area contributed by atoms with Gasteiger partial charge in [-0.1, -0.05) is 19.1 Å². The number of benzene rings is 1. The molecule has 0 saturated carbocycles. The van der Waals surface area contributed by atoms with Crippen LogP contribution in [0.3, 0.4) is 0 Å². The van der Waals surface area contributed by atoms with Crippen molar-refractivity contribution in [2.24, 2.45) is 0 Å². The molecule has 0 spiro atoms. The van der Waals surface area contributed by atoms with Crippen molar-refractivity contribution in [2.45, 2.75) is 19.4 Å². The minimum absolute atomic E-state index is 0.103. The summed E-state index contributed by atoms with van der Waals surface area (Å²) in [5.74, 6) is 0.710. The largest absolute Gasteiger partial charge is 0.508 e. The number of carbonyl (C=O) groups is 1. The number of nitrogens with zero attached hydrogens (tertiary/aromatic N) is 2. The molecule has 0 aliphatic carbocycles. The first-order valence-corrected chi connectivity index (χ1v) is 7.92. The molecule has 1 atom stereocenters. The molecule has 24 heavy (non-hydrogen) atoms. The third kappa shape index (κ3) is 2.11. The lowest BCUT2D eigenvalue weighted by Gasteiger charge is -2.25. The highest BCUT2D eigenvalue weighted by molar-refractivity contribution is 5.99. The van der Waals surface area contributed by atoms with E-state index in [0.717, 1.165) is 17.5 Å². The Kier molecular flexibility index (Phi) is 3.37. The van der Waals surface area contributed by atoms with E-state index in [1.165, 1.54) is 0 Å². The Morgan fingerprint density at radius 1 is 1.33 bits per heavy atom. The van der Waals surface area contributed by atoms with Crippen LogP contribution in [0.4, 0.5) is 0 Å². The van der Waals surface area contributed by atoms with Gasteiger partial charge in [0.2, 0.25) is 0 Å². The molecule has 3 aromatic rings. The second kappa shape index (κ2) is 5.56. The molecule has 2 N–H and O–H groups in total. The number of fused-ring (bicyclic) bond motifs is 1. The van der Waals surface area contributed by atoms with Crippen molar-refractivity contribution >= 4 is 5.91 Å². The monoisotopic (exact) mass is 323 g/mol. The molecule has 1 unspecified atom stereocenters. The van der Waals surface area contributed by atoms with E-state index in [1.54, 1.807) is 35.4 Å². The Balaban J connectivity index is 1.90. The SMILES string of the molecule is CCCN1C(=O)c2n[nH]c(-c3ccco3)c2C1c1cccc(O)c1. The number of phenolic OH excluding ortho intramolecular Hbond substituents is 1. The molecule has 0 saturated heterocycles. The van der Waals surface area contributed by atoms with Crippen molar-refractivity contribution in [3.05, 3.63) is 59.5 Å². The van der Waals surface area contributed by atoms with Gasteiger partial charge in [-0.05, 0) is 36.2 Å². The first-order valence-electron chi connectivity index (χ1n) is 7.92. The summed E-state index contributed by atoms with van der Waals surface area (Å²) in [6.45, 7) is 2.65. The highest BCUT2D eigenvalue weighted by Crippen LogP contribution is 2.43. The number of amides is 1. The van der Waals surface area contributed by atoms with Crippen LogP contribution >= 0.6 is 0 Å².